The molecule has 0 aromatic heterocycles. The largest absolute Gasteiger partial charge is 0.478 e. The SMILES string of the molecule is O=C(NCc1ccc2c(Br)c(OC(Cc3ccccc3)C(=O)O)ccc2c1)c1cccc(Oc2ccccc2)c1. The van der Waals surface area contributed by atoms with Crippen LogP contribution in [-0.4, -0.2) is 23.1 Å². The average molecular weight is 596 g/mol. The van der Waals surface area contributed by atoms with E-state index in [9.17, 15) is 14.7 Å². The van der Waals surface area contributed by atoms with Crippen molar-refractivity contribution < 1.29 is 24.2 Å². The molecule has 0 radical (unpaired) electrons. The molecular formula is C33H26BrNO5. The summed E-state index contributed by atoms with van der Waals surface area (Å²) < 4.78 is 12.4. The predicted molar refractivity (Wildman–Crippen MR) is 158 cm³/mol. The lowest BCUT2D eigenvalue weighted by Crippen LogP contribution is -2.29. The molecule has 5 aromatic rings. The minimum atomic E-state index is -1.03. The molecule has 0 aliphatic rings. The van der Waals surface area contributed by atoms with Gasteiger partial charge in [0.15, 0.2) is 6.10 Å². The molecule has 1 atom stereocenters. The number of carbonyl (C=O) groups excluding carboxylic acids is 1. The number of hydrogen-bond acceptors (Lipinski definition) is 4. The quantitative estimate of drug-likeness (QED) is 0.176. The van der Waals surface area contributed by atoms with Crippen molar-refractivity contribution in [1.82, 2.24) is 5.32 Å². The van der Waals surface area contributed by atoms with Crippen molar-refractivity contribution in [3.8, 4) is 17.2 Å². The van der Waals surface area contributed by atoms with E-state index >= 15 is 0 Å². The van der Waals surface area contributed by atoms with E-state index in [1.54, 1.807) is 24.3 Å². The molecule has 0 fully saturated rings. The van der Waals surface area contributed by atoms with E-state index in [4.69, 9.17) is 9.47 Å². The smallest absolute Gasteiger partial charge is 0.345 e. The molecule has 5 rings (SSSR count). The first-order chi connectivity index (χ1) is 19.5. The van der Waals surface area contributed by atoms with Gasteiger partial charge < -0.3 is 19.9 Å². The van der Waals surface area contributed by atoms with Gasteiger partial charge in [-0.2, -0.15) is 0 Å². The molecule has 0 saturated heterocycles. The van der Waals surface area contributed by atoms with E-state index in [2.05, 4.69) is 21.2 Å². The molecule has 40 heavy (non-hydrogen) atoms. The van der Waals surface area contributed by atoms with Gasteiger partial charge in [-0.3, -0.25) is 4.79 Å². The highest BCUT2D eigenvalue weighted by Crippen LogP contribution is 2.34. The molecule has 1 unspecified atom stereocenters. The van der Waals surface area contributed by atoms with Crippen molar-refractivity contribution in [2.75, 3.05) is 0 Å². The molecule has 0 bridgehead atoms. The minimum absolute atomic E-state index is 0.207. The topological polar surface area (TPSA) is 84.9 Å². The zero-order valence-electron chi connectivity index (χ0n) is 21.4. The number of amides is 1. The lowest BCUT2D eigenvalue weighted by atomic mass is 10.1. The molecule has 6 nitrogen and oxygen atoms in total. The number of carbonyl (C=O) groups is 2. The first-order valence-corrected chi connectivity index (χ1v) is 13.5. The number of hydrogen-bond donors (Lipinski definition) is 2. The van der Waals surface area contributed by atoms with Crippen LogP contribution in [0.5, 0.6) is 17.2 Å². The van der Waals surface area contributed by atoms with Crippen molar-refractivity contribution >= 4 is 38.6 Å². The molecule has 7 heteroatoms. The molecule has 0 spiro atoms. The molecule has 0 saturated carbocycles. The van der Waals surface area contributed by atoms with Gasteiger partial charge in [-0.1, -0.05) is 72.8 Å². The summed E-state index contributed by atoms with van der Waals surface area (Å²) in [6.45, 7) is 0.340. The highest BCUT2D eigenvalue weighted by molar-refractivity contribution is 9.10. The fraction of sp³-hybridized carbons (Fsp3) is 0.0909. The summed E-state index contributed by atoms with van der Waals surface area (Å²) in [5.74, 6) is 0.502. The molecule has 1 amide bonds. The number of nitrogens with one attached hydrogen (secondary N) is 1. The van der Waals surface area contributed by atoms with Gasteiger partial charge in [0.2, 0.25) is 0 Å². The molecular weight excluding hydrogens is 570 g/mol. The lowest BCUT2D eigenvalue weighted by Gasteiger charge is -2.17. The standard InChI is InChI=1S/C33H26BrNO5/c34-31-28-16-14-23(21-35-32(36)25-10-7-13-27(20-25)39-26-11-5-2-6-12-26)18-24(28)15-17-29(31)40-30(33(37)38)19-22-8-3-1-4-9-22/h1-18,20,30H,19,21H2,(H,35,36)(H,37,38). The zero-order valence-corrected chi connectivity index (χ0v) is 23.0. The number of halogens is 1. The second-order valence-corrected chi connectivity index (χ2v) is 9.99. The maximum atomic E-state index is 12.8. The van der Waals surface area contributed by atoms with Crippen molar-refractivity contribution in [3.05, 3.63) is 136 Å². The Morgan fingerprint density at radius 2 is 1.50 bits per heavy atom. The van der Waals surface area contributed by atoms with Crippen LogP contribution in [0.1, 0.15) is 21.5 Å². The van der Waals surface area contributed by atoms with Crippen LogP contribution in [0.25, 0.3) is 10.8 Å². The van der Waals surface area contributed by atoms with E-state index in [1.807, 2.05) is 91.0 Å². The third-order valence-corrected chi connectivity index (χ3v) is 7.14. The van der Waals surface area contributed by atoms with Crippen molar-refractivity contribution in [1.29, 1.82) is 0 Å². The number of rotatable bonds is 10. The van der Waals surface area contributed by atoms with Crippen LogP contribution in [0, 0.1) is 0 Å². The van der Waals surface area contributed by atoms with Crippen LogP contribution in [0.3, 0.4) is 0 Å². The number of carboxylic acids is 1. The predicted octanol–water partition coefficient (Wildman–Crippen LogP) is 7.40. The van der Waals surface area contributed by atoms with Gasteiger partial charge in [-0.25, -0.2) is 4.79 Å². The second-order valence-electron chi connectivity index (χ2n) is 9.19. The van der Waals surface area contributed by atoms with Crippen LogP contribution >= 0.6 is 15.9 Å². The molecule has 200 valence electrons. The summed E-state index contributed by atoms with van der Waals surface area (Å²) in [6, 6.07) is 35.3. The van der Waals surface area contributed by atoms with Crippen LogP contribution in [0.2, 0.25) is 0 Å². The molecule has 0 heterocycles. The van der Waals surface area contributed by atoms with E-state index < -0.39 is 12.1 Å². The Kier molecular flexibility index (Phi) is 8.42. The van der Waals surface area contributed by atoms with E-state index in [1.165, 1.54) is 0 Å². The van der Waals surface area contributed by atoms with Crippen LogP contribution in [0.15, 0.2) is 120 Å². The van der Waals surface area contributed by atoms with Crippen molar-refractivity contribution in [3.63, 3.8) is 0 Å². The van der Waals surface area contributed by atoms with E-state index in [-0.39, 0.29) is 12.3 Å². The zero-order chi connectivity index (χ0) is 27.9. The first kappa shape index (κ1) is 27.0. The highest BCUT2D eigenvalue weighted by Gasteiger charge is 2.22. The van der Waals surface area contributed by atoms with E-state index in [0.29, 0.717) is 33.8 Å². The van der Waals surface area contributed by atoms with Gasteiger partial charge >= 0.3 is 5.97 Å². The van der Waals surface area contributed by atoms with E-state index in [0.717, 1.165) is 21.9 Å². The number of aliphatic carboxylic acids is 1. The minimum Gasteiger partial charge on any atom is -0.478 e. The van der Waals surface area contributed by atoms with Crippen molar-refractivity contribution in [2.24, 2.45) is 0 Å². The molecule has 0 aliphatic heterocycles. The second kappa shape index (κ2) is 12.5. The number of fused-ring (bicyclic) bond motifs is 1. The van der Waals surface area contributed by atoms with Gasteiger partial charge in [0.1, 0.15) is 17.2 Å². The average Bonchev–Trinajstić information content (AvgIpc) is 2.98. The third-order valence-electron chi connectivity index (χ3n) is 6.32. The Hall–Kier alpha value is -4.62. The summed E-state index contributed by atoms with van der Waals surface area (Å²) in [4.78, 5) is 24.7. The molecule has 5 aromatic carbocycles. The van der Waals surface area contributed by atoms with Gasteiger partial charge in [0, 0.05) is 18.5 Å². The summed E-state index contributed by atoms with van der Waals surface area (Å²) in [6.07, 6.45) is -0.775. The number of ether oxygens (including phenoxy) is 2. The Labute approximate surface area is 240 Å². The summed E-state index contributed by atoms with van der Waals surface area (Å²) in [7, 11) is 0. The van der Waals surface area contributed by atoms with Gasteiger partial charge in [0.25, 0.3) is 5.91 Å². The fourth-order valence-electron chi connectivity index (χ4n) is 4.29. The van der Waals surface area contributed by atoms with Gasteiger partial charge in [0.05, 0.1) is 4.47 Å². The normalized spacial score (nSPS) is 11.5. The Bertz CT molecular complexity index is 1640. The number of carboxylic acid groups (broad SMARTS) is 1. The van der Waals surface area contributed by atoms with Gasteiger partial charge in [-0.05, 0) is 80.3 Å². The maximum absolute atomic E-state index is 12.8. The van der Waals surface area contributed by atoms with Crippen LogP contribution in [-0.2, 0) is 17.8 Å². The Balaban J connectivity index is 1.25. The summed E-state index contributed by atoms with van der Waals surface area (Å²) >= 11 is 3.59. The molecule has 0 aliphatic carbocycles. The monoisotopic (exact) mass is 595 g/mol. The summed E-state index contributed by atoms with van der Waals surface area (Å²) in [5.41, 5.74) is 2.31. The summed E-state index contributed by atoms with van der Waals surface area (Å²) in [5, 5.41) is 14.5. The Morgan fingerprint density at radius 3 is 2.25 bits per heavy atom. The number of para-hydroxylation sites is 1. The highest BCUT2D eigenvalue weighted by atomic mass is 79.9. The van der Waals surface area contributed by atoms with Gasteiger partial charge in [-0.15, -0.1) is 0 Å². The van der Waals surface area contributed by atoms with Crippen LogP contribution < -0.4 is 14.8 Å². The van der Waals surface area contributed by atoms with Crippen LogP contribution in [0.4, 0.5) is 0 Å². The lowest BCUT2D eigenvalue weighted by molar-refractivity contribution is -0.145. The fourth-order valence-corrected chi connectivity index (χ4v) is 4.88. The number of benzene rings is 5. The molecule has 2 N–H and O–H groups in total. The third kappa shape index (κ3) is 6.68. The maximum Gasteiger partial charge on any atom is 0.345 e. The first-order valence-electron chi connectivity index (χ1n) is 12.7. The Morgan fingerprint density at radius 1 is 0.775 bits per heavy atom. The van der Waals surface area contributed by atoms with Crippen molar-refractivity contribution in [2.45, 2.75) is 19.1 Å².